The fraction of sp³-hybridized carbons (Fsp3) is 0.704. The highest BCUT2D eigenvalue weighted by atomic mass is 16.5. The highest BCUT2D eigenvalue weighted by Crippen LogP contribution is 2.55. The Morgan fingerprint density at radius 2 is 1.92 bits per heavy atom. The Morgan fingerprint density at radius 3 is 2.50 bits per heavy atom. The second-order valence-corrected chi connectivity index (χ2v) is 12.1. The molecule has 36 heavy (non-hydrogen) atoms. The molecule has 4 aliphatic rings. The molecule has 9 nitrogen and oxygen atoms in total. The first-order chi connectivity index (χ1) is 16.9. The van der Waals surface area contributed by atoms with Crippen molar-refractivity contribution in [3.05, 3.63) is 17.8 Å². The Labute approximate surface area is 213 Å². The van der Waals surface area contributed by atoms with Crippen molar-refractivity contribution in [2.24, 2.45) is 34.8 Å². The first kappa shape index (κ1) is 26.2. The molecular formula is C27H41N5O4. The second-order valence-electron chi connectivity index (χ2n) is 12.1. The highest BCUT2D eigenvalue weighted by molar-refractivity contribution is 5.96. The third-order valence-electron chi connectivity index (χ3n) is 8.11. The molecule has 4 fully saturated rings. The van der Waals surface area contributed by atoms with Gasteiger partial charge in [0.2, 0.25) is 17.7 Å². The maximum absolute atomic E-state index is 13.5. The van der Waals surface area contributed by atoms with E-state index in [2.05, 4.69) is 15.7 Å². The zero-order chi connectivity index (χ0) is 26.3. The molecule has 2 atom stereocenters. The maximum atomic E-state index is 13.5. The predicted molar refractivity (Wildman–Crippen MR) is 137 cm³/mol. The molecular weight excluding hydrogens is 458 g/mol. The van der Waals surface area contributed by atoms with Gasteiger partial charge in [0.1, 0.15) is 5.56 Å². The van der Waals surface area contributed by atoms with Crippen LogP contribution in [-0.2, 0) is 9.59 Å². The van der Waals surface area contributed by atoms with Crippen LogP contribution >= 0.6 is 0 Å². The minimum absolute atomic E-state index is 0.0753. The summed E-state index contributed by atoms with van der Waals surface area (Å²) in [6.07, 6.45) is 10.4. The number of carbonyl (C=O) groups is 3. The molecule has 2 unspecified atom stereocenters. The molecule has 4 bridgehead atoms. The number of rotatable bonds is 10. The van der Waals surface area contributed by atoms with Crippen LogP contribution in [0.2, 0.25) is 0 Å². The highest BCUT2D eigenvalue weighted by Gasteiger charge is 2.56. The number of primary amides is 1. The molecule has 9 heteroatoms. The van der Waals surface area contributed by atoms with E-state index < -0.39 is 11.3 Å². The van der Waals surface area contributed by atoms with Crippen LogP contribution in [0.15, 0.2) is 12.3 Å². The Balaban J connectivity index is 1.52. The average molecular weight is 500 g/mol. The van der Waals surface area contributed by atoms with Gasteiger partial charge in [-0.2, -0.15) is 5.10 Å². The number of aromatic nitrogens is 2. The van der Waals surface area contributed by atoms with E-state index in [0.29, 0.717) is 42.2 Å². The van der Waals surface area contributed by atoms with E-state index in [-0.39, 0.29) is 29.3 Å². The maximum Gasteiger partial charge on any atom is 0.258 e. The number of nitrogens with two attached hydrogens (primary N) is 1. The molecule has 5 rings (SSSR count). The van der Waals surface area contributed by atoms with Crippen LogP contribution in [0, 0.1) is 29.1 Å². The van der Waals surface area contributed by atoms with Gasteiger partial charge in [-0.15, -0.1) is 0 Å². The summed E-state index contributed by atoms with van der Waals surface area (Å²) in [5.74, 6) is 1.38. The topological polar surface area (TPSA) is 128 Å². The Hall–Kier alpha value is -2.84. The molecule has 198 valence electrons. The number of hydrogen-bond donors (Lipinski definition) is 3. The zero-order valence-corrected chi connectivity index (χ0v) is 22.2. The summed E-state index contributed by atoms with van der Waals surface area (Å²) in [7, 11) is 0. The third-order valence-corrected chi connectivity index (χ3v) is 8.11. The first-order valence-corrected chi connectivity index (χ1v) is 13.2. The van der Waals surface area contributed by atoms with Gasteiger partial charge in [0.15, 0.2) is 0 Å². The third kappa shape index (κ3) is 5.30. The Morgan fingerprint density at radius 1 is 1.25 bits per heavy atom. The van der Waals surface area contributed by atoms with Crippen molar-refractivity contribution in [2.45, 2.75) is 84.7 Å². The monoisotopic (exact) mass is 499 g/mol. The van der Waals surface area contributed by atoms with E-state index in [9.17, 15) is 14.4 Å². The lowest BCUT2D eigenvalue weighted by Gasteiger charge is -2.60. The normalized spacial score (nSPS) is 29.1. The van der Waals surface area contributed by atoms with Gasteiger partial charge >= 0.3 is 0 Å². The summed E-state index contributed by atoms with van der Waals surface area (Å²) in [6.45, 7) is 9.83. The van der Waals surface area contributed by atoms with Gasteiger partial charge in [0.25, 0.3) is 5.91 Å². The largest absolute Gasteiger partial charge is 0.477 e. The molecule has 4 N–H and O–H groups in total. The number of hydrogen-bond acceptors (Lipinski definition) is 5. The van der Waals surface area contributed by atoms with Crippen LogP contribution in [0.5, 0.6) is 5.88 Å². The van der Waals surface area contributed by atoms with E-state index >= 15 is 0 Å². The molecule has 0 aliphatic heterocycles. The summed E-state index contributed by atoms with van der Waals surface area (Å²) in [6, 6.07) is 0.0753. The van der Waals surface area contributed by atoms with Crippen molar-refractivity contribution in [2.75, 3.05) is 6.61 Å². The molecule has 1 aromatic heterocycles. The van der Waals surface area contributed by atoms with E-state index in [0.717, 1.165) is 32.1 Å². The van der Waals surface area contributed by atoms with Gasteiger partial charge < -0.3 is 21.1 Å². The smallest absolute Gasteiger partial charge is 0.258 e. The van der Waals surface area contributed by atoms with Crippen molar-refractivity contribution < 1.29 is 19.1 Å². The van der Waals surface area contributed by atoms with Crippen LogP contribution in [-0.4, -0.2) is 45.7 Å². The van der Waals surface area contributed by atoms with Gasteiger partial charge in [-0.05, 0) is 69.6 Å². The quantitative estimate of drug-likeness (QED) is 0.456. The van der Waals surface area contributed by atoms with Gasteiger partial charge in [-0.3, -0.25) is 14.4 Å². The minimum atomic E-state index is -0.868. The van der Waals surface area contributed by atoms with Crippen LogP contribution in [0.1, 0.15) is 83.5 Å². The lowest BCUT2D eigenvalue weighted by molar-refractivity contribution is -0.127. The van der Waals surface area contributed by atoms with Crippen LogP contribution in [0.25, 0.3) is 6.20 Å². The first-order valence-electron chi connectivity index (χ1n) is 13.2. The molecule has 1 aromatic rings. The van der Waals surface area contributed by atoms with Crippen molar-refractivity contribution >= 4 is 23.9 Å². The van der Waals surface area contributed by atoms with E-state index in [1.165, 1.54) is 10.9 Å². The van der Waals surface area contributed by atoms with Crippen LogP contribution in [0.3, 0.4) is 0 Å². The number of nitrogens with one attached hydrogen (secondary N) is 2. The van der Waals surface area contributed by atoms with Gasteiger partial charge in [-0.25, -0.2) is 4.68 Å². The molecule has 0 spiro atoms. The second kappa shape index (κ2) is 9.90. The number of nitrogens with zero attached hydrogens (tertiary/aromatic N) is 2. The molecule has 0 saturated heterocycles. The van der Waals surface area contributed by atoms with Crippen molar-refractivity contribution in [3.63, 3.8) is 0 Å². The predicted octanol–water partition coefficient (Wildman–Crippen LogP) is 3.10. The molecule has 1 heterocycles. The van der Waals surface area contributed by atoms with E-state index in [1.54, 1.807) is 26.1 Å². The van der Waals surface area contributed by atoms with Crippen LogP contribution in [0.4, 0.5) is 0 Å². The number of amides is 3. The molecule has 0 radical (unpaired) electrons. The standard InChI is InChI=1S/C27H41N5O4/c1-6-21(33)31-27-11-17-9-18(12-27)22(19(10-17)13-27)30-23(34)20-14-29-32(24(20)36-15-16(2)3)8-7-26(4,5)25(28)35/h7-8,14,16-19,22H,6,9-13,15H2,1-5H3,(H2,28,35)(H,30,34)(H,31,33). The molecule has 3 amide bonds. The summed E-state index contributed by atoms with van der Waals surface area (Å²) < 4.78 is 7.51. The Kier molecular flexibility index (Phi) is 7.21. The van der Waals surface area contributed by atoms with E-state index in [4.69, 9.17) is 10.5 Å². The Bertz CT molecular complexity index is 1030. The number of carbonyl (C=O) groups excluding carboxylic acids is 3. The van der Waals surface area contributed by atoms with Gasteiger partial charge in [-0.1, -0.05) is 26.8 Å². The average Bonchev–Trinajstić information content (AvgIpc) is 3.20. The molecule has 4 aliphatic carbocycles. The summed E-state index contributed by atoms with van der Waals surface area (Å²) in [4.78, 5) is 37.4. The van der Waals surface area contributed by atoms with Gasteiger partial charge in [0.05, 0.1) is 18.2 Å². The minimum Gasteiger partial charge on any atom is -0.477 e. The molecule has 4 saturated carbocycles. The van der Waals surface area contributed by atoms with Crippen LogP contribution < -0.4 is 21.1 Å². The van der Waals surface area contributed by atoms with Gasteiger partial charge in [0, 0.05) is 24.2 Å². The van der Waals surface area contributed by atoms with E-state index in [1.807, 2.05) is 20.8 Å². The van der Waals surface area contributed by atoms with Crippen molar-refractivity contribution in [1.82, 2.24) is 20.4 Å². The summed E-state index contributed by atoms with van der Waals surface area (Å²) in [5.41, 5.74) is 4.89. The fourth-order valence-electron chi connectivity index (χ4n) is 6.37. The lowest BCUT2D eigenvalue weighted by Crippen LogP contribution is -2.66. The van der Waals surface area contributed by atoms with Crippen molar-refractivity contribution in [1.29, 1.82) is 0 Å². The molecule has 0 aromatic carbocycles. The summed E-state index contributed by atoms with van der Waals surface area (Å²) in [5, 5.41) is 11.0. The number of ether oxygens (including phenoxy) is 1. The fourth-order valence-corrected chi connectivity index (χ4v) is 6.37. The van der Waals surface area contributed by atoms with Crippen molar-refractivity contribution in [3.8, 4) is 5.88 Å². The zero-order valence-electron chi connectivity index (χ0n) is 22.2. The SMILES string of the molecule is CCC(=O)NC12CC3CC(C1)C(NC(=O)c1cnn(C=CC(C)(C)C(N)=O)c1OCC(C)C)C(C3)C2. The summed E-state index contributed by atoms with van der Waals surface area (Å²) >= 11 is 0. The lowest BCUT2D eigenvalue weighted by atomic mass is 9.51.